The fourth-order valence-electron chi connectivity index (χ4n) is 2.42. The van der Waals surface area contributed by atoms with Crippen LogP contribution in [-0.2, 0) is 16.1 Å². The van der Waals surface area contributed by atoms with Gasteiger partial charge in [-0.05, 0) is 20.8 Å². The van der Waals surface area contributed by atoms with E-state index >= 15 is 0 Å². The third-order valence-corrected chi connectivity index (χ3v) is 4.18. The summed E-state index contributed by atoms with van der Waals surface area (Å²) < 4.78 is 7.27. The third kappa shape index (κ3) is 3.45. The topological polar surface area (TPSA) is 51.5 Å². The molecule has 1 amide bonds. The van der Waals surface area contributed by atoms with Crippen LogP contribution in [0.5, 0.6) is 0 Å². The Bertz CT molecular complexity index is 498. The lowest BCUT2D eigenvalue weighted by molar-refractivity contribution is -0.143. The highest BCUT2D eigenvalue weighted by Crippen LogP contribution is 2.12. The van der Waals surface area contributed by atoms with Gasteiger partial charge in [-0.25, -0.2) is 0 Å². The molecule has 2 atom stereocenters. The number of ether oxygens (including phenoxy) is 1. The van der Waals surface area contributed by atoms with Crippen molar-refractivity contribution in [2.24, 2.45) is 0 Å². The van der Waals surface area contributed by atoms with Gasteiger partial charge in [-0.15, -0.1) is 0 Å². The molecule has 0 aromatic carbocycles. The first kappa shape index (κ1) is 14.3. The summed E-state index contributed by atoms with van der Waals surface area (Å²) in [5.41, 5.74) is 0.923. The third-order valence-electron chi connectivity index (χ3n) is 3.30. The smallest absolute Gasteiger partial charge is 0.307 e. The number of carbonyl (C=O) groups is 1. The lowest BCUT2D eigenvalue weighted by Crippen LogP contribution is -2.48. The van der Waals surface area contributed by atoms with Crippen LogP contribution >= 0.6 is 11.3 Å². The van der Waals surface area contributed by atoms with E-state index in [4.69, 9.17) is 4.74 Å². The molecule has 5 nitrogen and oxygen atoms in total. The van der Waals surface area contributed by atoms with E-state index in [0.717, 1.165) is 5.69 Å². The number of hydrogen-bond acceptors (Lipinski definition) is 4. The van der Waals surface area contributed by atoms with Crippen LogP contribution in [0.1, 0.15) is 26.0 Å². The number of hydrogen-bond donors (Lipinski definition) is 0. The number of thiazole rings is 1. The Kier molecular flexibility index (Phi) is 4.42. The molecule has 0 saturated carbocycles. The minimum absolute atomic E-state index is 0.00835. The first-order chi connectivity index (χ1) is 8.97. The second-order valence-electron chi connectivity index (χ2n) is 5.10. The highest BCUT2D eigenvalue weighted by atomic mass is 32.1. The molecule has 0 radical (unpaired) electrons. The first-order valence-corrected chi connectivity index (χ1v) is 7.43. The summed E-state index contributed by atoms with van der Waals surface area (Å²) in [6.45, 7) is 7.59. The van der Waals surface area contributed by atoms with Crippen molar-refractivity contribution < 1.29 is 9.53 Å². The normalized spacial score (nSPS) is 23.6. The summed E-state index contributed by atoms with van der Waals surface area (Å²) in [6, 6.07) is 0. The van der Waals surface area contributed by atoms with Gasteiger partial charge < -0.3 is 14.2 Å². The summed E-state index contributed by atoms with van der Waals surface area (Å²) in [7, 11) is 0. The van der Waals surface area contributed by atoms with E-state index in [9.17, 15) is 9.59 Å². The molecule has 0 aliphatic carbocycles. The molecule has 1 aliphatic heterocycles. The van der Waals surface area contributed by atoms with Crippen molar-refractivity contribution >= 4 is 17.2 Å². The van der Waals surface area contributed by atoms with Crippen molar-refractivity contribution in [3.05, 3.63) is 20.7 Å². The highest BCUT2D eigenvalue weighted by molar-refractivity contribution is 7.07. The number of nitrogens with zero attached hydrogens (tertiary/aromatic N) is 2. The van der Waals surface area contributed by atoms with Gasteiger partial charge >= 0.3 is 4.87 Å². The van der Waals surface area contributed by atoms with Crippen LogP contribution < -0.4 is 4.87 Å². The molecule has 1 aliphatic rings. The minimum atomic E-state index is 0.00835. The van der Waals surface area contributed by atoms with E-state index < -0.39 is 0 Å². The minimum Gasteiger partial charge on any atom is -0.372 e. The largest absolute Gasteiger partial charge is 0.372 e. The number of morpholine rings is 1. The zero-order valence-electron chi connectivity index (χ0n) is 11.6. The van der Waals surface area contributed by atoms with Crippen LogP contribution in [0.2, 0.25) is 0 Å². The quantitative estimate of drug-likeness (QED) is 0.839. The number of rotatable bonds is 3. The average molecular weight is 284 g/mol. The van der Waals surface area contributed by atoms with Crippen molar-refractivity contribution in [2.75, 3.05) is 13.1 Å². The summed E-state index contributed by atoms with van der Waals surface area (Å²) in [5.74, 6) is 0.0968. The zero-order valence-corrected chi connectivity index (χ0v) is 12.4. The SMILES string of the molecule is Cc1csc(=O)n1CCC(=O)N1C[C@@H](C)O[C@H](C)C1. The Morgan fingerprint density at radius 2 is 2.05 bits per heavy atom. The Labute approximate surface area is 116 Å². The molecule has 1 aromatic rings. The van der Waals surface area contributed by atoms with Gasteiger partial charge in [0.2, 0.25) is 5.91 Å². The molecule has 0 unspecified atom stereocenters. The van der Waals surface area contributed by atoms with Gasteiger partial charge in [0.25, 0.3) is 0 Å². The Morgan fingerprint density at radius 1 is 1.42 bits per heavy atom. The fourth-order valence-corrected chi connectivity index (χ4v) is 3.18. The Balaban J connectivity index is 1.93. The molecule has 6 heteroatoms. The first-order valence-electron chi connectivity index (χ1n) is 6.55. The van der Waals surface area contributed by atoms with E-state index in [1.165, 1.54) is 11.3 Å². The Hall–Kier alpha value is -1.14. The monoisotopic (exact) mass is 284 g/mol. The maximum absolute atomic E-state index is 12.2. The van der Waals surface area contributed by atoms with Gasteiger partial charge in [0.05, 0.1) is 12.2 Å². The van der Waals surface area contributed by atoms with E-state index in [0.29, 0.717) is 26.1 Å². The van der Waals surface area contributed by atoms with Crippen molar-refractivity contribution in [1.82, 2.24) is 9.47 Å². The van der Waals surface area contributed by atoms with Crippen molar-refractivity contribution in [3.8, 4) is 0 Å². The van der Waals surface area contributed by atoms with E-state index in [2.05, 4.69) is 0 Å². The molecule has 1 fully saturated rings. The standard InChI is InChI=1S/C13H20N2O3S/c1-9-8-19-13(17)15(9)5-4-12(16)14-6-10(2)18-11(3)7-14/h8,10-11H,4-7H2,1-3H3/t10-,11-/m1/s1. The maximum atomic E-state index is 12.2. The lowest BCUT2D eigenvalue weighted by Gasteiger charge is -2.35. The van der Waals surface area contributed by atoms with Crippen LogP contribution in [0, 0.1) is 6.92 Å². The van der Waals surface area contributed by atoms with Gasteiger partial charge in [0.15, 0.2) is 0 Å². The van der Waals surface area contributed by atoms with Gasteiger partial charge in [0.1, 0.15) is 0 Å². The summed E-state index contributed by atoms with van der Waals surface area (Å²) in [5, 5.41) is 1.83. The van der Waals surface area contributed by atoms with Gasteiger partial charge in [0, 0.05) is 37.1 Å². The molecular weight excluding hydrogens is 264 g/mol. The molecule has 0 bridgehead atoms. The fraction of sp³-hybridized carbons (Fsp3) is 0.692. The summed E-state index contributed by atoms with van der Waals surface area (Å²) >= 11 is 1.18. The molecule has 1 aromatic heterocycles. The molecule has 19 heavy (non-hydrogen) atoms. The van der Waals surface area contributed by atoms with Crippen molar-refractivity contribution in [2.45, 2.75) is 45.9 Å². The molecule has 2 heterocycles. The van der Waals surface area contributed by atoms with Gasteiger partial charge in [-0.2, -0.15) is 0 Å². The van der Waals surface area contributed by atoms with Crippen LogP contribution in [0.3, 0.4) is 0 Å². The predicted molar refractivity (Wildman–Crippen MR) is 74.5 cm³/mol. The number of aromatic nitrogens is 1. The second kappa shape index (κ2) is 5.88. The highest BCUT2D eigenvalue weighted by Gasteiger charge is 2.25. The van der Waals surface area contributed by atoms with Crippen LogP contribution in [0.25, 0.3) is 0 Å². The van der Waals surface area contributed by atoms with E-state index in [1.807, 2.05) is 31.1 Å². The number of carbonyl (C=O) groups excluding carboxylic acids is 1. The summed E-state index contributed by atoms with van der Waals surface area (Å²) in [4.78, 5) is 25.6. The molecule has 0 spiro atoms. The maximum Gasteiger partial charge on any atom is 0.307 e. The molecule has 1 saturated heterocycles. The number of amides is 1. The predicted octanol–water partition coefficient (Wildman–Crippen LogP) is 1.24. The summed E-state index contributed by atoms with van der Waals surface area (Å²) in [6.07, 6.45) is 0.535. The van der Waals surface area contributed by atoms with E-state index in [1.54, 1.807) is 4.57 Å². The van der Waals surface area contributed by atoms with E-state index in [-0.39, 0.29) is 23.0 Å². The molecule has 0 N–H and O–H groups in total. The van der Waals surface area contributed by atoms with Crippen LogP contribution in [0.4, 0.5) is 0 Å². The average Bonchev–Trinajstić information content (AvgIpc) is 2.65. The van der Waals surface area contributed by atoms with Gasteiger partial charge in [-0.1, -0.05) is 11.3 Å². The molecule has 106 valence electrons. The van der Waals surface area contributed by atoms with Crippen molar-refractivity contribution in [3.63, 3.8) is 0 Å². The zero-order chi connectivity index (χ0) is 14.0. The van der Waals surface area contributed by atoms with Crippen LogP contribution in [0.15, 0.2) is 10.2 Å². The molecular formula is C13H20N2O3S. The van der Waals surface area contributed by atoms with Crippen molar-refractivity contribution in [1.29, 1.82) is 0 Å². The second-order valence-corrected chi connectivity index (χ2v) is 5.92. The molecule has 2 rings (SSSR count). The van der Waals surface area contributed by atoms with Crippen LogP contribution in [-0.4, -0.2) is 40.7 Å². The lowest BCUT2D eigenvalue weighted by atomic mass is 10.2. The van der Waals surface area contributed by atoms with Gasteiger partial charge in [-0.3, -0.25) is 9.59 Å². The number of aryl methyl sites for hydroxylation is 1. The Morgan fingerprint density at radius 3 is 2.58 bits per heavy atom.